The molecule has 1 amide bonds. The molecule has 1 heterocycles. The van der Waals surface area contributed by atoms with Gasteiger partial charge in [0.1, 0.15) is 11.9 Å². The lowest BCUT2D eigenvalue weighted by Gasteiger charge is -2.14. The van der Waals surface area contributed by atoms with Gasteiger partial charge < -0.3 is 10.4 Å². The number of carbonyl (C=O) groups excluding carboxylic acids is 1. The first kappa shape index (κ1) is 16.2. The average molecular weight is 331 g/mol. The van der Waals surface area contributed by atoms with Gasteiger partial charge in [0.25, 0.3) is 5.91 Å². The molecule has 0 unspecified atom stereocenters. The Morgan fingerprint density at radius 2 is 2.08 bits per heavy atom. The number of benzene rings is 1. The van der Waals surface area contributed by atoms with Gasteiger partial charge in [-0.2, -0.15) is 5.10 Å². The van der Waals surface area contributed by atoms with E-state index in [1.165, 1.54) is 19.1 Å². The molecule has 0 bridgehead atoms. The van der Waals surface area contributed by atoms with Crippen LogP contribution in [0.5, 0.6) is 0 Å². The molecule has 1 aromatic heterocycles. The Hall–Kier alpha value is -2.70. The molecule has 0 radical (unpaired) electrons. The van der Waals surface area contributed by atoms with Crippen molar-refractivity contribution in [2.45, 2.75) is 38.6 Å². The van der Waals surface area contributed by atoms with E-state index in [4.69, 9.17) is 5.11 Å². The topological polar surface area (TPSA) is 84.2 Å². The largest absolute Gasteiger partial charge is 0.480 e. The second kappa shape index (κ2) is 6.43. The summed E-state index contributed by atoms with van der Waals surface area (Å²) in [5.41, 5.74) is 2.49. The average Bonchev–Trinajstić information content (AvgIpc) is 2.94. The fourth-order valence-corrected chi connectivity index (χ4v) is 2.93. The lowest BCUT2D eigenvalue weighted by atomic mass is 9.95. The quantitative estimate of drug-likeness (QED) is 0.898. The third-order valence-corrected chi connectivity index (χ3v) is 4.17. The summed E-state index contributed by atoms with van der Waals surface area (Å²) in [7, 11) is 0. The smallest absolute Gasteiger partial charge is 0.325 e. The van der Waals surface area contributed by atoms with Crippen molar-refractivity contribution in [3.05, 3.63) is 47.0 Å². The number of aliphatic carboxylic acids is 1. The zero-order valence-corrected chi connectivity index (χ0v) is 13.3. The first-order valence-electron chi connectivity index (χ1n) is 7.87. The monoisotopic (exact) mass is 331 g/mol. The van der Waals surface area contributed by atoms with Gasteiger partial charge in [-0.25, -0.2) is 9.07 Å². The SMILES string of the molecule is C[C@H](NC(=O)c1nn(-c2cccc(F)c2)c2c1CCCC2)C(=O)O. The van der Waals surface area contributed by atoms with Gasteiger partial charge in [0.15, 0.2) is 5.69 Å². The van der Waals surface area contributed by atoms with Gasteiger partial charge in [-0.05, 0) is 50.8 Å². The van der Waals surface area contributed by atoms with Crippen LogP contribution in [0.1, 0.15) is 41.5 Å². The second-order valence-electron chi connectivity index (χ2n) is 5.91. The summed E-state index contributed by atoms with van der Waals surface area (Å²) < 4.78 is 15.1. The normalized spacial score (nSPS) is 14.8. The maximum absolute atomic E-state index is 13.5. The highest BCUT2D eigenvalue weighted by Gasteiger charge is 2.27. The molecule has 0 spiro atoms. The highest BCUT2D eigenvalue weighted by Crippen LogP contribution is 2.27. The van der Waals surface area contributed by atoms with Crippen molar-refractivity contribution in [1.29, 1.82) is 0 Å². The van der Waals surface area contributed by atoms with Crippen molar-refractivity contribution in [1.82, 2.24) is 15.1 Å². The van der Waals surface area contributed by atoms with Crippen molar-refractivity contribution in [3.63, 3.8) is 0 Å². The first-order chi connectivity index (χ1) is 11.5. The van der Waals surface area contributed by atoms with Crippen LogP contribution < -0.4 is 5.32 Å². The van der Waals surface area contributed by atoms with Gasteiger partial charge >= 0.3 is 5.97 Å². The van der Waals surface area contributed by atoms with E-state index < -0.39 is 17.9 Å². The number of rotatable bonds is 4. The van der Waals surface area contributed by atoms with Crippen LogP contribution in [0, 0.1) is 5.82 Å². The molecule has 24 heavy (non-hydrogen) atoms. The Balaban J connectivity index is 2.02. The maximum Gasteiger partial charge on any atom is 0.325 e. The molecule has 1 aliphatic carbocycles. The summed E-state index contributed by atoms with van der Waals surface area (Å²) in [5, 5.41) is 15.7. The zero-order chi connectivity index (χ0) is 17.3. The molecule has 1 atom stereocenters. The third-order valence-electron chi connectivity index (χ3n) is 4.17. The predicted molar refractivity (Wildman–Crippen MR) is 84.7 cm³/mol. The van der Waals surface area contributed by atoms with E-state index in [1.54, 1.807) is 16.8 Å². The van der Waals surface area contributed by atoms with E-state index in [9.17, 15) is 14.0 Å². The van der Waals surface area contributed by atoms with E-state index in [0.717, 1.165) is 30.5 Å². The van der Waals surface area contributed by atoms with E-state index in [1.807, 2.05) is 0 Å². The molecule has 126 valence electrons. The molecule has 1 aliphatic rings. The Bertz CT molecular complexity index is 800. The van der Waals surface area contributed by atoms with Gasteiger partial charge in [0.2, 0.25) is 0 Å². The van der Waals surface area contributed by atoms with Crippen molar-refractivity contribution < 1.29 is 19.1 Å². The van der Waals surface area contributed by atoms with Gasteiger partial charge in [-0.3, -0.25) is 9.59 Å². The summed E-state index contributed by atoms with van der Waals surface area (Å²) in [6.45, 7) is 1.40. The molecule has 2 N–H and O–H groups in total. The zero-order valence-electron chi connectivity index (χ0n) is 13.3. The Morgan fingerprint density at radius 3 is 2.79 bits per heavy atom. The van der Waals surface area contributed by atoms with E-state index >= 15 is 0 Å². The van der Waals surface area contributed by atoms with Crippen molar-refractivity contribution in [2.75, 3.05) is 0 Å². The molecule has 0 fully saturated rings. The minimum absolute atomic E-state index is 0.224. The van der Waals surface area contributed by atoms with E-state index in [-0.39, 0.29) is 11.5 Å². The van der Waals surface area contributed by atoms with Crippen molar-refractivity contribution in [2.24, 2.45) is 0 Å². The molecule has 6 nitrogen and oxygen atoms in total. The number of carbonyl (C=O) groups is 2. The minimum atomic E-state index is -1.11. The summed E-state index contributed by atoms with van der Waals surface area (Å²) in [4.78, 5) is 23.4. The number of fused-ring (bicyclic) bond motifs is 1. The summed E-state index contributed by atoms with van der Waals surface area (Å²) in [5.74, 6) is -2.00. The second-order valence-corrected chi connectivity index (χ2v) is 5.91. The number of hydrogen-bond acceptors (Lipinski definition) is 3. The number of halogens is 1. The molecule has 7 heteroatoms. The van der Waals surface area contributed by atoms with E-state index in [2.05, 4.69) is 10.4 Å². The third kappa shape index (κ3) is 3.02. The molecule has 3 rings (SSSR count). The maximum atomic E-state index is 13.5. The number of nitrogens with one attached hydrogen (secondary N) is 1. The van der Waals surface area contributed by atoms with Crippen LogP contribution in [0.4, 0.5) is 4.39 Å². The molecule has 0 saturated heterocycles. The van der Waals surface area contributed by atoms with Crippen LogP contribution >= 0.6 is 0 Å². The van der Waals surface area contributed by atoms with Crippen molar-refractivity contribution in [3.8, 4) is 5.69 Å². The van der Waals surface area contributed by atoms with Crippen LogP contribution in [0.3, 0.4) is 0 Å². The van der Waals surface area contributed by atoms with Crippen LogP contribution in [0.2, 0.25) is 0 Å². The van der Waals surface area contributed by atoms with Crippen molar-refractivity contribution >= 4 is 11.9 Å². The van der Waals surface area contributed by atoms with Gasteiger partial charge in [-0.1, -0.05) is 6.07 Å². The highest BCUT2D eigenvalue weighted by atomic mass is 19.1. The Labute approximate surface area is 138 Å². The predicted octanol–water partition coefficient (Wildman–Crippen LogP) is 2.09. The van der Waals surface area contributed by atoms with Crippen LogP contribution in [0.15, 0.2) is 24.3 Å². The fraction of sp³-hybridized carbons (Fsp3) is 0.353. The van der Waals surface area contributed by atoms with E-state index in [0.29, 0.717) is 12.1 Å². The number of carboxylic acid groups (broad SMARTS) is 1. The number of carboxylic acids is 1. The van der Waals surface area contributed by atoms with Crippen LogP contribution in [-0.2, 0) is 17.6 Å². The molecular formula is C17H18FN3O3. The van der Waals surface area contributed by atoms with Gasteiger partial charge in [0.05, 0.1) is 5.69 Å². The summed E-state index contributed by atoms with van der Waals surface area (Å²) >= 11 is 0. The Kier molecular flexibility index (Phi) is 4.33. The van der Waals surface area contributed by atoms with Gasteiger partial charge in [0, 0.05) is 11.3 Å². The number of hydrogen-bond donors (Lipinski definition) is 2. The summed E-state index contributed by atoms with van der Waals surface area (Å²) in [6.07, 6.45) is 3.37. The number of nitrogens with zero attached hydrogens (tertiary/aromatic N) is 2. The number of amides is 1. The van der Waals surface area contributed by atoms with Crippen LogP contribution in [-0.4, -0.2) is 32.8 Å². The standard InChI is InChI=1S/C17H18FN3O3/c1-10(17(23)24)19-16(22)15-13-7-2-3-8-14(13)21(20-15)12-6-4-5-11(18)9-12/h4-6,9-10H,2-3,7-8H2,1H3,(H,19,22)(H,23,24)/t10-/m0/s1. The Morgan fingerprint density at radius 1 is 1.33 bits per heavy atom. The molecule has 0 aliphatic heterocycles. The molecule has 1 aromatic carbocycles. The van der Waals surface area contributed by atoms with Gasteiger partial charge in [-0.15, -0.1) is 0 Å². The number of aromatic nitrogens is 2. The highest BCUT2D eigenvalue weighted by molar-refractivity contribution is 5.96. The molecule has 2 aromatic rings. The van der Waals surface area contributed by atoms with Crippen LogP contribution in [0.25, 0.3) is 5.69 Å². The molecule has 0 saturated carbocycles. The first-order valence-corrected chi connectivity index (χ1v) is 7.87. The summed E-state index contributed by atoms with van der Waals surface area (Å²) in [6, 6.07) is 5.03. The fourth-order valence-electron chi connectivity index (χ4n) is 2.93. The minimum Gasteiger partial charge on any atom is -0.480 e. The molecular weight excluding hydrogens is 313 g/mol. The lowest BCUT2D eigenvalue weighted by Crippen LogP contribution is -2.39. The lowest BCUT2D eigenvalue weighted by molar-refractivity contribution is -0.138.